The van der Waals surface area contributed by atoms with E-state index in [2.05, 4.69) is 22.2 Å². The number of aliphatic carboxylic acids is 1. The van der Waals surface area contributed by atoms with Gasteiger partial charge in [-0.25, -0.2) is 27.9 Å². The summed E-state index contributed by atoms with van der Waals surface area (Å²) in [5, 5.41) is 10.7. The molecule has 3 aliphatic rings. The summed E-state index contributed by atoms with van der Waals surface area (Å²) in [4.78, 5) is 23.2. The number of alkyl halides is 4. The van der Waals surface area contributed by atoms with Gasteiger partial charge in [-0.05, 0) is 44.7 Å². The SMILES string of the molecule is CN1CCc2nc(NC3CC3)c(N3CCC([C@H](F)c4ccc(F)cc4F)CC3)nc2C1.O=C(O)C(F)(F)F. The molecule has 38 heavy (non-hydrogen) atoms. The summed E-state index contributed by atoms with van der Waals surface area (Å²) in [5.41, 5.74) is 2.03. The summed E-state index contributed by atoms with van der Waals surface area (Å²) in [6.07, 6.45) is -2.16. The van der Waals surface area contributed by atoms with E-state index in [0.29, 0.717) is 32.0 Å². The molecule has 1 saturated heterocycles. The molecule has 2 N–H and O–H groups in total. The van der Waals surface area contributed by atoms with Crippen molar-refractivity contribution < 1.29 is 36.2 Å². The Balaban J connectivity index is 0.000000426. The molecular weight excluding hydrogens is 516 g/mol. The van der Waals surface area contributed by atoms with Crippen LogP contribution in [0.15, 0.2) is 18.2 Å². The van der Waals surface area contributed by atoms with Crippen LogP contribution in [0.1, 0.15) is 48.8 Å². The first kappa shape index (κ1) is 27.9. The average Bonchev–Trinajstić information content (AvgIpc) is 3.67. The third kappa shape index (κ3) is 6.86. The van der Waals surface area contributed by atoms with Crippen molar-refractivity contribution in [3.05, 3.63) is 46.8 Å². The number of hydrogen-bond donors (Lipinski definition) is 2. The number of aromatic nitrogens is 2. The first-order chi connectivity index (χ1) is 17.9. The number of nitrogens with one attached hydrogen (secondary N) is 1. The predicted molar refractivity (Wildman–Crippen MR) is 128 cm³/mol. The van der Waals surface area contributed by atoms with E-state index < -0.39 is 30.0 Å². The van der Waals surface area contributed by atoms with E-state index in [4.69, 9.17) is 19.9 Å². The maximum atomic E-state index is 15.0. The van der Waals surface area contributed by atoms with Gasteiger partial charge in [0.05, 0.1) is 11.4 Å². The van der Waals surface area contributed by atoms with Crippen LogP contribution in [0.5, 0.6) is 0 Å². The van der Waals surface area contributed by atoms with Crippen LogP contribution in [0.3, 0.4) is 0 Å². The van der Waals surface area contributed by atoms with Crippen molar-refractivity contribution in [1.82, 2.24) is 14.9 Å². The average molecular weight is 546 g/mol. The Labute approximate surface area is 215 Å². The van der Waals surface area contributed by atoms with E-state index in [1.165, 1.54) is 6.07 Å². The Kier molecular flexibility index (Phi) is 8.34. The number of piperidine rings is 1. The molecule has 0 amide bonds. The molecule has 3 heterocycles. The Bertz CT molecular complexity index is 1150. The number of hydrogen-bond acceptors (Lipinski definition) is 6. The zero-order valence-corrected chi connectivity index (χ0v) is 20.7. The fourth-order valence-corrected chi connectivity index (χ4v) is 4.57. The minimum absolute atomic E-state index is 0.0486. The highest BCUT2D eigenvalue weighted by Gasteiger charge is 2.38. The van der Waals surface area contributed by atoms with E-state index in [-0.39, 0.29) is 11.5 Å². The summed E-state index contributed by atoms with van der Waals surface area (Å²) in [6, 6.07) is 3.57. The van der Waals surface area contributed by atoms with Crippen LogP contribution in [0, 0.1) is 17.6 Å². The zero-order chi connectivity index (χ0) is 27.6. The lowest BCUT2D eigenvalue weighted by atomic mass is 9.88. The van der Waals surface area contributed by atoms with Gasteiger partial charge >= 0.3 is 12.1 Å². The van der Waals surface area contributed by atoms with Crippen molar-refractivity contribution in [2.45, 2.75) is 57.0 Å². The van der Waals surface area contributed by atoms with Gasteiger partial charge in [0.15, 0.2) is 11.6 Å². The van der Waals surface area contributed by atoms with Gasteiger partial charge in [-0.15, -0.1) is 0 Å². The molecule has 0 spiro atoms. The molecule has 7 nitrogen and oxygen atoms in total. The highest BCUT2D eigenvalue weighted by atomic mass is 19.4. The molecule has 1 atom stereocenters. The zero-order valence-electron chi connectivity index (χ0n) is 20.7. The number of halogens is 6. The maximum absolute atomic E-state index is 15.0. The summed E-state index contributed by atoms with van der Waals surface area (Å²) >= 11 is 0. The van der Waals surface area contributed by atoms with Gasteiger partial charge in [-0.2, -0.15) is 13.2 Å². The molecule has 0 unspecified atom stereocenters. The van der Waals surface area contributed by atoms with Crippen molar-refractivity contribution in [3.63, 3.8) is 0 Å². The highest BCUT2D eigenvalue weighted by molar-refractivity contribution is 5.73. The van der Waals surface area contributed by atoms with Crippen LogP contribution in [-0.4, -0.2) is 64.8 Å². The van der Waals surface area contributed by atoms with E-state index in [0.717, 1.165) is 67.5 Å². The standard InChI is InChI=1S/C23H28F3N5.C2HF3O2/c1-30-9-8-19-20(13-30)29-23(22(28-19)27-16-3-4-16)31-10-6-14(7-11-31)21(26)17-5-2-15(24)12-18(17)25;3-2(4,5)1(6)7/h2,5,12,14,16,21H,3-4,6-11,13H2,1H3,(H,27,28);(H,6,7)/t21-;/m0./s1. The van der Waals surface area contributed by atoms with Crippen molar-refractivity contribution in [2.75, 3.05) is 36.9 Å². The topological polar surface area (TPSA) is 81.6 Å². The Hall–Kier alpha value is -3.09. The number of benzene rings is 1. The van der Waals surface area contributed by atoms with Crippen LogP contribution in [-0.2, 0) is 17.8 Å². The molecular formula is C25H29F6N5O2. The van der Waals surface area contributed by atoms with E-state index in [1.807, 2.05) is 0 Å². The quantitative estimate of drug-likeness (QED) is 0.519. The molecule has 0 radical (unpaired) electrons. The minimum Gasteiger partial charge on any atom is -0.475 e. The molecule has 2 aromatic rings. The summed E-state index contributed by atoms with van der Waals surface area (Å²) < 4.78 is 74.0. The third-order valence-corrected chi connectivity index (χ3v) is 6.86. The van der Waals surface area contributed by atoms with Crippen molar-refractivity contribution in [2.24, 2.45) is 5.92 Å². The predicted octanol–water partition coefficient (Wildman–Crippen LogP) is 4.88. The molecule has 13 heteroatoms. The van der Waals surface area contributed by atoms with Crippen LogP contribution >= 0.6 is 0 Å². The monoisotopic (exact) mass is 545 g/mol. The highest BCUT2D eigenvalue weighted by Crippen LogP contribution is 2.38. The minimum atomic E-state index is -5.08. The summed E-state index contributed by atoms with van der Waals surface area (Å²) in [6.45, 7) is 3.03. The molecule has 1 aliphatic carbocycles. The number of carbonyl (C=O) groups is 1. The molecule has 0 bridgehead atoms. The molecule has 1 aromatic heterocycles. The third-order valence-electron chi connectivity index (χ3n) is 6.86. The molecule has 5 rings (SSSR count). The largest absolute Gasteiger partial charge is 0.490 e. The van der Waals surface area contributed by atoms with E-state index in [9.17, 15) is 22.0 Å². The van der Waals surface area contributed by atoms with Crippen LogP contribution in [0.4, 0.5) is 38.0 Å². The second kappa shape index (κ2) is 11.3. The fraction of sp³-hybridized carbons (Fsp3) is 0.560. The molecule has 208 valence electrons. The number of likely N-dealkylation sites (N-methyl/N-ethyl adjacent to an activating group) is 1. The second-order valence-electron chi connectivity index (χ2n) is 9.89. The number of fused-ring (bicyclic) bond motifs is 1. The van der Waals surface area contributed by atoms with Gasteiger partial charge in [0.25, 0.3) is 0 Å². The number of carboxylic acid groups (broad SMARTS) is 1. The number of anilines is 2. The number of carboxylic acids is 1. The molecule has 2 aliphatic heterocycles. The van der Waals surface area contributed by atoms with Gasteiger partial charge in [-0.3, -0.25) is 0 Å². The Morgan fingerprint density at radius 2 is 1.74 bits per heavy atom. The maximum Gasteiger partial charge on any atom is 0.490 e. The first-order valence-corrected chi connectivity index (χ1v) is 12.4. The first-order valence-electron chi connectivity index (χ1n) is 12.4. The van der Waals surface area contributed by atoms with Crippen LogP contribution in [0.2, 0.25) is 0 Å². The molecule has 1 aromatic carbocycles. The lowest BCUT2D eigenvalue weighted by Gasteiger charge is -2.36. The van der Waals surface area contributed by atoms with E-state index in [1.54, 1.807) is 0 Å². The Morgan fingerprint density at radius 1 is 1.08 bits per heavy atom. The lowest BCUT2D eigenvalue weighted by molar-refractivity contribution is -0.192. The lowest BCUT2D eigenvalue weighted by Crippen LogP contribution is -2.37. The fourth-order valence-electron chi connectivity index (χ4n) is 4.57. The molecule has 2 fully saturated rings. The normalized spacial score (nSPS) is 19.3. The number of rotatable bonds is 5. The van der Waals surface area contributed by atoms with Gasteiger partial charge < -0.3 is 20.2 Å². The smallest absolute Gasteiger partial charge is 0.475 e. The Morgan fingerprint density at radius 3 is 2.32 bits per heavy atom. The van der Waals surface area contributed by atoms with Crippen LogP contribution in [0.25, 0.3) is 0 Å². The van der Waals surface area contributed by atoms with Gasteiger partial charge in [0.2, 0.25) is 0 Å². The van der Waals surface area contributed by atoms with Gasteiger partial charge in [0, 0.05) is 50.3 Å². The van der Waals surface area contributed by atoms with Crippen LogP contribution < -0.4 is 10.2 Å². The van der Waals surface area contributed by atoms with Crippen molar-refractivity contribution >= 4 is 17.6 Å². The molecule has 1 saturated carbocycles. The summed E-state index contributed by atoms with van der Waals surface area (Å²) in [7, 11) is 2.09. The van der Waals surface area contributed by atoms with Gasteiger partial charge in [0.1, 0.15) is 17.8 Å². The summed E-state index contributed by atoms with van der Waals surface area (Å²) in [5.74, 6) is -2.86. The number of nitrogens with zero attached hydrogens (tertiary/aromatic N) is 4. The van der Waals surface area contributed by atoms with Crippen molar-refractivity contribution in [1.29, 1.82) is 0 Å². The van der Waals surface area contributed by atoms with Gasteiger partial charge in [-0.1, -0.05) is 6.07 Å². The van der Waals surface area contributed by atoms with Crippen molar-refractivity contribution in [3.8, 4) is 0 Å². The van der Waals surface area contributed by atoms with E-state index >= 15 is 4.39 Å². The second-order valence-corrected chi connectivity index (χ2v) is 9.89.